The summed E-state index contributed by atoms with van der Waals surface area (Å²) in [7, 11) is 0. The first kappa shape index (κ1) is 43.9. The molecule has 2 aromatic heterocycles. The van der Waals surface area contributed by atoms with Crippen molar-refractivity contribution < 1.29 is 30.0 Å². The van der Waals surface area contributed by atoms with E-state index in [0.29, 0.717) is 29.6 Å². The fourth-order valence-electron chi connectivity index (χ4n) is 7.99. The van der Waals surface area contributed by atoms with Crippen LogP contribution in [-0.4, -0.2) is 30.4 Å². The van der Waals surface area contributed by atoms with Gasteiger partial charge < -0.3 is 5.11 Å². The molecule has 5 heteroatoms. The Bertz CT molecular complexity index is 1990. The van der Waals surface area contributed by atoms with Crippen LogP contribution in [0.15, 0.2) is 66.6 Å². The molecule has 1 radical (unpaired) electrons. The molecule has 1 N–H and O–H groups in total. The molecule has 3 aromatic carbocycles. The summed E-state index contributed by atoms with van der Waals surface area (Å²) in [6, 6.07) is 21.6. The van der Waals surface area contributed by atoms with Crippen molar-refractivity contribution >= 4 is 50.4 Å². The van der Waals surface area contributed by atoms with Crippen LogP contribution < -0.4 is 0 Å². The number of pyridine rings is 1. The third-order valence-electron chi connectivity index (χ3n) is 10.2. The Morgan fingerprint density at radius 2 is 1.38 bits per heavy atom. The average Bonchev–Trinajstić information content (AvgIpc) is 3.40. The largest absolute Gasteiger partial charge is 0 e. The number of nitrogens with zero attached hydrogens (tertiary/aromatic N) is 1. The summed E-state index contributed by atoms with van der Waals surface area (Å²) in [5.74, 6) is 2.30. The Morgan fingerprint density at radius 1 is 0.808 bits per heavy atom. The van der Waals surface area contributed by atoms with Crippen LogP contribution in [0.4, 0.5) is 0 Å². The molecule has 0 saturated heterocycles. The molecule has 52 heavy (non-hydrogen) atoms. The Hall–Kier alpha value is -2.55. The number of carbonyl (C=O) groups is 1. The van der Waals surface area contributed by atoms with Gasteiger partial charge in [-0.1, -0.05) is 55.4 Å². The molecule has 0 unspecified atom stereocenters. The van der Waals surface area contributed by atoms with Gasteiger partial charge in [-0.05, 0) is 23.7 Å². The second-order valence-electron chi connectivity index (χ2n) is 17.4. The van der Waals surface area contributed by atoms with Crippen LogP contribution in [0.3, 0.4) is 0 Å². The summed E-state index contributed by atoms with van der Waals surface area (Å²) in [5, 5.41) is 15.5. The van der Waals surface area contributed by atoms with Crippen molar-refractivity contribution in [2.75, 3.05) is 0 Å². The van der Waals surface area contributed by atoms with E-state index in [4.69, 9.17) is 4.98 Å². The average molecular weight is 944 g/mol. The monoisotopic (exact) mass is 945 g/mol. The summed E-state index contributed by atoms with van der Waals surface area (Å²) in [5.41, 5.74) is 6.63. The Labute approximate surface area is 334 Å². The molecule has 0 atom stereocenters. The predicted octanol–water partition coefficient (Wildman–Crippen LogP) is 12.7. The van der Waals surface area contributed by atoms with Gasteiger partial charge in [-0.3, -0.25) is 4.79 Å². The van der Waals surface area contributed by atoms with Crippen LogP contribution in [0, 0.1) is 54.4 Å². The van der Waals surface area contributed by atoms with E-state index in [-0.39, 0.29) is 63.4 Å². The zero-order valence-electron chi connectivity index (χ0n) is 34.1. The zero-order valence-corrected chi connectivity index (χ0v) is 38.2. The number of ketones is 1. The molecular weight excluding hydrogens is 882 g/mol. The van der Waals surface area contributed by atoms with Gasteiger partial charge in [0, 0.05) is 38.0 Å². The van der Waals surface area contributed by atoms with Crippen LogP contribution in [0.5, 0.6) is 0 Å². The SMILES string of the molecule is CC(C)C(C(=O)/C=C(\O)C(C(C)C)C(C)C)C(C)C.Cc1c(CC(C)C)ccc2c1[se]c1c(-c3[c-]c4ccccc4c(C(C)(C)C)c3)nccc12.[Ir]. The molecule has 0 fully saturated rings. The van der Waals surface area contributed by atoms with Crippen LogP contribution in [0.2, 0.25) is 0 Å². The number of rotatable bonds is 10. The Morgan fingerprint density at radius 3 is 1.94 bits per heavy atom. The number of aliphatic hydroxyl groups is 1. The number of allylic oxidation sites excluding steroid dienone is 2. The molecule has 0 spiro atoms. The van der Waals surface area contributed by atoms with Crippen molar-refractivity contribution in [1.29, 1.82) is 0 Å². The molecule has 0 bridgehead atoms. The van der Waals surface area contributed by atoms with Gasteiger partial charge in [0.1, 0.15) is 0 Å². The molecule has 0 amide bonds. The molecule has 5 aromatic rings. The maximum atomic E-state index is 12.3. The maximum absolute atomic E-state index is 12.3. The summed E-state index contributed by atoms with van der Waals surface area (Å²) in [6.45, 7) is 30.4. The van der Waals surface area contributed by atoms with Gasteiger partial charge in [0.05, 0.1) is 5.76 Å². The van der Waals surface area contributed by atoms with E-state index in [0.717, 1.165) is 17.7 Å². The molecule has 0 aliphatic heterocycles. The molecule has 283 valence electrons. The van der Waals surface area contributed by atoms with Gasteiger partial charge in [0.2, 0.25) is 0 Å². The molecule has 0 aliphatic carbocycles. The van der Waals surface area contributed by atoms with Gasteiger partial charge in [-0.15, -0.1) is 0 Å². The topological polar surface area (TPSA) is 50.2 Å². The van der Waals surface area contributed by atoms with E-state index in [1.165, 1.54) is 52.8 Å². The molecular formula is C47H62IrNO2Se-. The van der Waals surface area contributed by atoms with Crippen molar-refractivity contribution in [1.82, 2.24) is 4.98 Å². The first-order valence-electron chi connectivity index (χ1n) is 19.0. The summed E-state index contributed by atoms with van der Waals surface area (Å²) in [4.78, 5) is 17.3. The third kappa shape index (κ3) is 9.95. The van der Waals surface area contributed by atoms with E-state index in [9.17, 15) is 9.90 Å². The van der Waals surface area contributed by atoms with Gasteiger partial charge in [0.15, 0.2) is 5.78 Å². The van der Waals surface area contributed by atoms with Crippen molar-refractivity contribution in [3.8, 4) is 11.3 Å². The first-order chi connectivity index (χ1) is 23.8. The number of carbonyl (C=O) groups excluding carboxylic acids is 1. The Balaban J connectivity index is 0.000000317. The van der Waals surface area contributed by atoms with E-state index in [2.05, 4.69) is 152 Å². The maximum Gasteiger partial charge on any atom is 0 e. The van der Waals surface area contributed by atoms with E-state index in [1.54, 1.807) is 0 Å². The number of benzene rings is 3. The minimum absolute atomic E-state index is 0. The fraction of sp³-hybridized carbons (Fsp3) is 0.489. The van der Waals surface area contributed by atoms with Gasteiger partial charge in [0.25, 0.3) is 0 Å². The van der Waals surface area contributed by atoms with Gasteiger partial charge in [-0.2, -0.15) is 0 Å². The molecule has 3 nitrogen and oxygen atoms in total. The van der Waals surface area contributed by atoms with E-state index < -0.39 is 0 Å². The van der Waals surface area contributed by atoms with Crippen LogP contribution >= 0.6 is 0 Å². The number of hydrogen-bond acceptors (Lipinski definition) is 3. The number of aryl methyl sites for hydroxylation is 1. The smallest absolute Gasteiger partial charge is 0 e. The van der Waals surface area contributed by atoms with Crippen molar-refractivity contribution in [3.63, 3.8) is 0 Å². The van der Waals surface area contributed by atoms with Crippen molar-refractivity contribution in [2.24, 2.45) is 41.4 Å². The summed E-state index contributed by atoms with van der Waals surface area (Å²) >= 11 is 0.257. The van der Waals surface area contributed by atoms with E-state index in [1.807, 2.05) is 6.20 Å². The molecule has 0 saturated carbocycles. The first-order valence-corrected chi connectivity index (χ1v) is 20.7. The second-order valence-corrected chi connectivity index (χ2v) is 19.5. The minimum Gasteiger partial charge on any atom is 0 e. The van der Waals surface area contributed by atoms with Crippen LogP contribution in [0.1, 0.15) is 107 Å². The van der Waals surface area contributed by atoms with E-state index >= 15 is 0 Å². The summed E-state index contributed by atoms with van der Waals surface area (Å²) < 4.78 is 2.95. The summed E-state index contributed by atoms with van der Waals surface area (Å²) in [6.07, 6.45) is 4.61. The van der Waals surface area contributed by atoms with Crippen molar-refractivity contribution in [3.05, 3.63) is 89.3 Å². The standard InChI is InChI=1S/C30H30NSe.C17H32O2.Ir/c1-18(2)15-20-11-12-24-25-13-14-31-27(29(25)32-28(24)19(20)3)22-16-21-9-7-8-10-23(21)26(17-22)30(4,5)6;1-10(2)16(11(3)4)14(18)9-15(19)17(12(5)6)13(7)8;/h7-14,17-18H,15H2,1-6H3;9-13,16-18H,1-8H3;/q-1;;/b;14-9-;. The minimum atomic E-state index is -0.0119. The number of aliphatic hydroxyl groups excluding tert-OH is 1. The number of aromatic nitrogens is 1. The number of fused-ring (bicyclic) bond motifs is 4. The Kier molecular flexibility index (Phi) is 15.3. The van der Waals surface area contributed by atoms with Crippen molar-refractivity contribution in [2.45, 2.75) is 109 Å². The van der Waals surface area contributed by atoms with Gasteiger partial charge >= 0.3 is 198 Å². The fourth-order valence-corrected chi connectivity index (χ4v) is 10.8. The molecule has 2 heterocycles. The molecule has 5 rings (SSSR count). The quantitative estimate of drug-likeness (QED) is 0.0657. The van der Waals surface area contributed by atoms with Crippen LogP contribution in [0.25, 0.3) is 41.3 Å². The third-order valence-corrected chi connectivity index (χ3v) is 13.0. The normalized spacial score (nSPS) is 12.7. The van der Waals surface area contributed by atoms with Gasteiger partial charge in [-0.25, -0.2) is 0 Å². The number of hydrogen-bond donors (Lipinski definition) is 1. The zero-order chi connectivity index (χ0) is 37.9. The molecule has 0 aliphatic rings. The predicted molar refractivity (Wildman–Crippen MR) is 222 cm³/mol. The van der Waals surface area contributed by atoms with Crippen LogP contribution in [-0.2, 0) is 36.7 Å². The second kappa shape index (κ2) is 18.2.